The second-order valence-corrected chi connectivity index (χ2v) is 5.56. The molecule has 1 aliphatic rings. The largest absolute Gasteiger partial charge is 0.481 e. The molecule has 5 nitrogen and oxygen atoms in total. The van der Waals surface area contributed by atoms with E-state index in [9.17, 15) is 9.90 Å². The van der Waals surface area contributed by atoms with Crippen molar-refractivity contribution in [3.8, 4) is 0 Å². The highest BCUT2D eigenvalue weighted by atomic mass is 16.5. The van der Waals surface area contributed by atoms with Gasteiger partial charge in [0.1, 0.15) is 5.41 Å². The molecule has 0 aliphatic carbocycles. The number of carboxylic acid groups (broad SMARTS) is 1. The predicted molar refractivity (Wildman–Crippen MR) is 70.8 cm³/mol. The Kier molecular flexibility index (Phi) is 5.56. The Morgan fingerprint density at radius 1 is 1.50 bits per heavy atom. The molecule has 2 unspecified atom stereocenters. The van der Waals surface area contributed by atoms with Crippen LogP contribution < -0.4 is 0 Å². The lowest BCUT2D eigenvalue weighted by molar-refractivity contribution is -0.150. The minimum absolute atomic E-state index is 0.341. The lowest BCUT2D eigenvalue weighted by Crippen LogP contribution is -2.49. The topological polar surface area (TPSA) is 53.0 Å². The van der Waals surface area contributed by atoms with E-state index in [0.717, 1.165) is 13.1 Å². The second-order valence-electron chi connectivity index (χ2n) is 5.56. The van der Waals surface area contributed by atoms with Crippen molar-refractivity contribution in [2.45, 2.75) is 26.3 Å². The summed E-state index contributed by atoms with van der Waals surface area (Å²) in [6.07, 6.45) is 0.619. The van der Waals surface area contributed by atoms with Crippen LogP contribution in [0.3, 0.4) is 0 Å². The summed E-state index contributed by atoms with van der Waals surface area (Å²) in [5, 5.41) is 9.45. The third-order valence-electron chi connectivity index (χ3n) is 3.72. The number of likely N-dealkylation sites (N-methyl/N-ethyl adjacent to an activating group) is 2. The van der Waals surface area contributed by atoms with E-state index in [0.29, 0.717) is 32.2 Å². The highest BCUT2D eigenvalue weighted by Gasteiger charge is 2.44. The highest BCUT2D eigenvalue weighted by Crippen LogP contribution is 2.30. The summed E-state index contributed by atoms with van der Waals surface area (Å²) in [5.74, 6) is -0.726. The zero-order chi connectivity index (χ0) is 13.8. The third-order valence-corrected chi connectivity index (χ3v) is 3.72. The van der Waals surface area contributed by atoms with Crippen LogP contribution in [0, 0.1) is 5.41 Å². The SMILES string of the molecule is CCN(CC1(C(=O)O)CCOC1)C(C)CN(C)C. The van der Waals surface area contributed by atoms with Crippen molar-refractivity contribution in [1.82, 2.24) is 9.80 Å². The molecule has 106 valence electrons. The molecule has 0 aromatic heterocycles. The van der Waals surface area contributed by atoms with Crippen molar-refractivity contribution < 1.29 is 14.6 Å². The van der Waals surface area contributed by atoms with E-state index >= 15 is 0 Å². The Morgan fingerprint density at radius 2 is 2.17 bits per heavy atom. The Hall–Kier alpha value is -0.650. The molecule has 1 rings (SSSR count). The molecule has 0 saturated carbocycles. The van der Waals surface area contributed by atoms with Gasteiger partial charge in [0, 0.05) is 25.7 Å². The van der Waals surface area contributed by atoms with Crippen molar-refractivity contribution in [3.63, 3.8) is 0 Å². The van der Waals surface area contributed by atoms with Crippen LogP contribution in [0.1, 0.15) is 20.3 Å². The van der Waals surface area contributed by atoms with Crippen LogP contribution in [0.2, 0.25) is 0 Å². The summed E-state index contributed by atoms with van der Waals surface area (Å²) in [6.45, 7) is 7.51. The number of carbonyl (C=O) groups is 1. The number of hydrogen-bond donors (Lipinski definition) is 1. The van der Waals surface area contributed by atoms with Gasteiger partial charge in [0.25, 0.3) is 0 Å². The lowest BCUT2D eigenvalue weighted by atomic mass is 9.86. The fourth-order valence-corrected chi connectivity index (χ4v) is 2.58. The van der Waals surface area contributed by atoms with E-state index in [4.69, 9.17) is 4.74 Å². The summed E-state index contributed by atoms with van der Waals surface area (Å²) in [5.41, 5.74) is -0.712. The van der Waals surface area contributed by atoms with E-state index in [1.807, 2.05) is 14.1 Å². The number of hydrogen-bond acceptors (Lipinski definition) is 4. The number of aliphatic carboxylic acids is 1. The first-order valence-electron chi connectivity index (χ1n) is 6.61. The number of rotatable bonds is 7. The molecule has 18 heavy (non-hydrogen) atoms. The summed E-state index contributed by atoms with van der Waals surface area (Å²) >= 11 is 0. The Bertz CT molecular complexity index is 275. The van der Waals surface area contributed by atoms with Gasteiger partial charge in [-0.15, -0.1) is 0 Å². The van der Waals surface area contributed by atoms with Gasteiger partial charge in [-0.2, -0.15) is 0 Å². The van der Waals surface area contributed by atoms with Gasteiger partial charge in [0.05, 0.1) is 6.61 Å². The average molecular weight is 258 g/mol. The Morgan fingerprint density at radius 3 is 2.56 bits per heavy atom. The fourth-order valence-electron chi connectivity index (χ4n) is 2.58. The van der Waals surface area contributed by atoms with Crippen LogP contribution in [0.25, 0.3) is 0 Å². The molecule has 1 fully saturated rings. The van der Waals surface area contributed by atoms with Crippen LogP contribution in [0.5, 0.6) is 0 Å². The van der Waals surface area contributed by atoms with Crippen molar-refractivity contribution in [2.75, 3.05) is 46.9 Å². The van der Waals surface area contributed by atoms with Crippen LogP contribution in [-0.2, 0) is 9.53 Å². The van der Waals surface area contributed by atoms with Crippen molar-refractivity contribution in [1.29, 1.82) is 0 Å². The molecule has 0 spiro atoms. The summed E-state index contributed by atoms with van der Waals surface area (Å²) < 4.78 is 5.31. The molecule has 0 amide bonds. The van der Waals surface area contributed by atoms with Crippen molar-refractivity contribution in [2.24, 2.45) is 5.41 Å². The summed E-state index contributed by atoms with van der Waals surface area (Å²) in [4.78, 5) is 15.9. The quantitative estimate of drug-likeness (QED) is 0.730. The molecule has 0 aromatic carbocycles. The lowest BCUT2D eigenvalue weighted by Gasteiger charge is -2.35. The normalized spacial score (nSPS) is 25.9. The molecular weight excluding hydrogens is 232 g/mol. The van der Waals surface area contributed by atoms with Crippen LogP contribution in [-0.4, -0.2) is 73.9 Å². The van der Waals surface area contributed by atoms with Gasteiger partial charge in [-0.05, 0) is 34.0 Å². The molecule has 1 saturated heterocycles. The predicted octanol–water partition coefficient (Wildman–Crippen LogP) is 0.750. The number of carboxylic acids is 1. The maximum atomic E-state index is 11.5. The molecule has 1 heterocycles. The van der Waals surface area contributed by atoms with Gasteiger partial charge >= 0.3 is 5.97 Å². The van der Waals surface area contributed by atoms with Gasteiger partial charge in [-0.25, -0.2) is 0 Å². The zero-order valence-electron chi connectivity index (χ0n) is 12.0. The monoisotopic (exact) mass is 258 g/mol. The molecule has 0 bridgehead atoms. The number of ether oxygens (including phenoxy) is 1. The van der Waals surface area contributed by atoms with E-state index in [1.165, 1.54) is 0 Å². The van der Waals surface area contributed by atoms with Crippen LogP contribution in [0.15, 0.2) is 0 Å². The first-order chi connectivity index (χ1) is 8.41. The molecule has 0 radical (unpaired) electrons. The maximum Gasteiger partial charge on any atom is 0.313 e. The fraction of sp³-hybridized carbons (Fsp3) is 0.923. The first kappa shape index (κ1) is 15.4. The number of nitrogens with zero attached hydrogens (tertiary/aromatic N) is 2. The van der Waals surface area contributed by atoms with Gasteiger partial charge < -0.3 is 14.7 Å². The molecule has 2 atom stereocenters. The molecule has 5 heteroatoms. The van der Waals surface area contributed by atoms with E-state index < -0.39 is 11.4 Å². The van der Waals surface area contributed by atoms with Gasteiger partial charge in [-0.3, -0.25) is 9.69 Å². The van der Waals surface area contributed by atoms with E-state index in [1.54, 1.807) is 0 Å². The molecule has 1 aliphatic heterocycles. The van der Waals surface area contributed by atoms with E-state index in [-0.39, 0.29) is 0 Å². The van der Waals surface area contributed by atoms with Gasteiger partial charge in [0.15, 0.2) is 0 Å². The standard InChI is InChI=1S/C13H26N2O3/c1-5-15(11(2)8-14(3)4)9-13(12(16)17)6-7-18-10-13/h11H,5-10H2,1-4H3,(H,16,17). The minimum atomic E-state index is -0.726. The zero-order valence-corrected chi connectivity index (χ0v) is 12.0. The van der Waals surface area contributed by atoms with Crippen molar-refractivity contribution >= 4 is 5.97 Å². The molecule has 1 N–H and O–H groups in total. The average Bonchev–Trinajstić information content (AvgIpc) is 2.74. The third kappa shape index (κ3) is 3.67. The van der Waals surface area contributed by atoms with E-state index in [2.05, 4.69) is 23.6 Å². The first-order valence-corrected chi connectivity index (χ1v) is 6.61. The van der Waals surface area contributed by atoms with Crippen LogP contribution >= 0.6 is 0 Å². The second kappa shape index (κ2) is 6.50. The minimum Gasteiger partial charge on any atom is -0.481 e. The molecular formula is C13H26N2O3. The van der Waals surface area contributed by atoms with Crippen LogP contribution in [0.4, 0.5) is 0 Å². The summed E-state index contributed by atoms with van der Waals surface area (Å²) in [7, 11) is 4.08. The maximum absolute atomic E-state index is 11.5. The molecule has 0 aromatic rings. The summed E-state index contributed by atoms with van der Waals surface area (Å²) in [6, 6.07) is 0.349. The Balaban J connectivity index is 2.68. The highest BCUT2D eigenvalue weighted by molar-refractivity contribution is 5.75. The van der Waals surface area contributed by atoms with Gasteiger partial charge in [-0.1, -0.05) is 6.92 Å². The van der Waals surface area contributed by atoms with Crippen molar-refractivity contribution in [3.05, 3.63) is 0 Å². The van der Waals surface area contributed by atoms with Gasteiger partial charge in [0.2, 0.25) is 0 Å². The Labute approximate surface area is 110 Å². The smallest absolute Gasteiger partial charge is 0.313 e.